The Labute approximate surface area is 193 Å². The summed E-state index contributed by atoms with van der Waals surface area (Å²) >= 11 is 0. The van der Waals surface area contributed by atoms with E-state index in [1.165, 1.54) is 11.1 Å². The van der Waals surface area contributed by atoms with Crippen LogP contribution in [0.4, 0.5) is 4.79 Å². The molecule has 0 unspecified atom stereocenters. The molecule has 8 heteroatoms. The van der Waals surface area contributed by atoms with Gasteiger partial charge in [0.2, 0.25) is 5.91 Å². The third kappa shape index (κ3) is 6.79. The third-order valence-corrected chi connectivity index (χ3v) is 5.49. The van der Waals surface area contributed by atoms with Crippen molar-refractivity contribution in [3.8, 4) is 11.1 Å². The molecule has 2 amide bonds. The molecule has 3 N–H and O–H groups in total. The molecule has 0 aromatic heterocycles. The van der Waals surface area contributed by atoms with Crippen molar-refractivity contribution in [1.82, 2.24) is 10.6 Å². The molecule has 0 spiro atoms. The van der Waals surface area contributed by atoms with E-state index >= 15 is 0 Å². The molecule has 0 saturated carbocycles. The van der Waals surface area contributed by atoms with Gasteiger partial charge in [0.15, 0.2) is 0 Å². The number of alkyl carbamates (subject to hydrolysis) is 1. The predicted octanol–water partition coefficient (Wildman–Crippen LogP) is 3.16. The summed E-state index contributed by atoms with van der Waals surface area (Å²) in [5.41, 5.74) is 4.15. The maximum atomic E-state index is 12.4. The minimum atomic E-state index is -1.05. The Morgan fingerprint density at radius 2 is 1.58 bits per heavy atom. The Hall–Kier alpha value is -3.39. The molecule has 0 atom stereocenters. The highest BCUT2D eigenvalue weighted by Crippen LogP contribution is 2.44. The summed E-state index contributed by atoms with van der Waals surface area (Å²) in [4.78, 5) is 34.8. The number of aliphatic carboxylic acids is 1. The quantitative estimate of drug-likeness (QED) is 0.450. The number of benzene rings is 2. The molecule has 8 nitrogen and oxygen atoms in total. The van der Waals surface area contributed by atoms with Gasteiger partial charge in [-0.1, -0.05) is 62.4 Å². The largest absolute Gasteiger partial charge is 0.480 e. The molecule has 33 heavy (non-hydrogen) atoms. The van der Waals surface area contributed by atoms with Crippen LogP contribution in [0.1, 0.15) is 37.3 Å². The van der Waals surface area contributed by atoms with Crippen LogP contribution in [0.3, 0.4) is 0 Å². The Balaban J connectivity index is 1.43. The van der Waals surface area contributed by atoms with E-state index in [2.05, 4.69) is 34.9 Å². The van der Waals surface area contributed by atoms with Gasteiger partial charge in [0.25, 0.3) is 0 Å². The van der Waals surface area contributed by atoms with E-state index in [0.717, 1.165) is 11.1 Å². The van der Waals surface area contributed by atoms with Crippen molar-refractivity contribution in [2.24, 2.45) is 5.41 Å². The lowest BCUT2D eigenvalue weighted by Crippen LogP contribution is -2.39. The van der Waals surface area contributed by atoms with Crippen LogP contribution in [0.5, 0.6) is 0 Å². The van der Waals surface area contributed by atoms with Crippen LogP contribution in [0, 0.1) is 5.41 Å². The molecule has 0 radical (unpaired) electrons. The molecule has 0 fully saturated rings. The van der Waals surface area contributed by atoms with Crippen molar-refractivity contribution in [1.29, 1.82) is 0 Å². The van der Waals surface area contributed by atoms with Gasteiger partial charge in [-0.25, -0.2) is 9.59 Å². The van der Waals surface area contributed by atoms with Gasteiger partial charge in [-0.2, -0.15) is 0 Å². The maximum absolute atomic E-state index is 12.4. The number of hydrogen-bond acceptors (Lipinski definition) is 5. The summed E-state index contributed by atoms with van der Waals surface area (Å²) in [5, 5.41) is 13.9. The number of hydrogen-bond donors (Lipinski definition) is 3. The van der Waals surface area contributed by atoms with E-state index in [0.29, 0.717) is 0 Å². The Morgan fingerprint density at radius 1 is 0.970 bits per heavy atom. The summed E-state index contributed by atoms with van der Waals surface area (Å²) in [6.07, 6.45) is -0.331. The van der Waals surface area contributed by atoms with Gasteiger partial charge < -0.3 is 25.2 Å². The van der Waals surface area contributed by atoms with Crippen LogP contribution in [0.15, 0.2) is 48.5 Å². The standard InChI is InChI=1S/C25H30N2O6/c1-25(2,13-22(28)26-11-12-32-15-23(29)30)16-27-24(31)33-14-21-19-9-5-3-7-17(19)18-8-4-6-10-20(18)21/h3-10,21H,11-16H2,1-2H3,(H,26,28)(H,27,31)(H,29,30). The molecule has 0 aliphatic heterocycles. The van der Waals surface area contributed by atoms with Crippen LogP contribution in [0.25, 0.3) is 11.1 Å². The third-order valence-electron chi connectivity index (χ3n) is 5.49. The number of nitrogens with one attached hydrogen (secondary N) is 2. The van der Waals surface area contributed by atoms with Crippen LogP contribution < -0.4 is 10.6 Å². The molecule has 176 valence electrons. The number of amides is 2. The minimum absolute atomic E-state index is 0.00900. The second kappa shape index (κ2) is 11.0. The van der Waals surface area contributed by atoms with E-state index in [-0.39, 0.29) is 44.5 Å². The van der Waals surface area contributed by atoms with Crippen molar-refractivity contribution in [2.75, 3.05) is 32.9 Å². The molecule has 1 aliphatic carbocycles. The summed E-state index contributed by atoms with van der Waals surface area (Å²) in [5.74, 6) is -1.26. The number of rotatable bonds is 11. The summed E-state index contributed by atoms with van der Waals surface area (Å²) in [7, 11) is 0. The monoisotopic (exact) mass is 454 g/mol. The van der Waals surface area contributed by atoms with E-state index in [4.69, 9.17) is 14.6 Å². The van der Waals surface area contributed by atoms with Crippen molar-refractivity contribution in [3.63, 3.8) is 0 Å². The average Bonchev–Trinajstić information content (AvgIpc) is 3.09. The zero-order valence-corrected chi connectivity index (χ0v) is 18.9. The molecule has 0 bridgehead atoms. The highest BCUT2D eigenvalue weighted by atomic mass is 16.5. The molecule has 0 heterocycles. The van der Waals surface area contributed by atoms with Gasteiger partial charge in [-0.15, -0.1) is 0 Å². The SMILES string of the molecule is CC(C)(CNC(=O)OCC1c2ccccc2-c2ccccc21)CC(=O)NCCOCC(=O)O. The maximum Gasteiger partial charge on any atom is 0.407 e. The van der Waals surface area contributed by atoms with Crippen LogP contribution in [-0.2, 0) is 19.1 Å². The first-order valence-electron chi connectivity index (χ1n) is 10.9. The van der Waals surface area contributed by atoms with Crippen molar-refractivity contribution in [3.05, 3.63) is 59.7 Å². The number of carbonyl (C=O) groups is 3. The van der Waals surface area contributed by atoms with Crippen molar-refractivity contribution >= 4 is 18.0 Å². The molecule has 3 rings (SSSR count). The number of carbonyl (C=O) groups excluding carboxylic acids is 2. The summed E-state index contributed by atoms with van der Waals surface area (Å²) in [6.45, 7) is 4.20. The smallest absolute Gasteiger partial charge is 0.407 e. The van der Waals surface area contributed by atoms with Crippen LogP contribution in [0.2, 0.25) is 0 Å². The lowest BCUT2D eigenvalue weighted by Gasteiger charge is -2.24. The fourth-order valence-corrected chi connectivity index (χ4v) is 3.94. The Morgan fingerprint density at radius 3 is 2.18 bits per heavy atom. The van der Waals surface area contributed by atoms with Gasteiger partial charge in [0, 0.05) is 25.4 Å². The first kappa shape index (κ1) is 24.3. The molecule has 2 aromatic rings. The van der Waals surface area contributed by atoms with Crippen LogP contribution >= 0.6 is 0 Å². The van der Waals surface area contributed by atoms with Gasteiger partial charge in [-0.05, 0) is 27.7 Å². The van der Waals surface area contributed by atoms with E-state index < -0.39 is 24.1 Å². The first-order chi connectivity index (χ1) is 15.8. The predicted molar refractivity (Wildman–Crippen MR) is 123 cm³/mol. The molecular formula is C25H30N2O6. The summed E-state index contributed by atoms with van der Waals surface area (Å²) < 4.78 is 10.4. The van der Waals surface area contributed by atoms with Crippen molar-refractivity contribution in [2.45, 2.75) is 26.2 Å². The number of fused-ring (bicyclic) bond motifs is 3. The van der Waals surface area contributed by atoms with Crippen molar-refractivity contribution < 1.29 is 29.0 Å². The zero-order chi connectivity index (χ0) is 23.8. The lowest BCUT2D eigenvalue weighted by molar-refractivity contribution is -0.142. The fraction of sp³-hybridized carbons (Fsp3) is 0.400. The zero-order valence-electron chi connectivity index (χ0n) is 18.9. The average molecular weight is 455 g/mol. The highest BCUT2D eigenvalue weighted by Gasteiger charge is 2.29. The fourth-order valence-electron chi connectivity index (χ4n) is 3.94. The van der Waals surface area contributed by atoms with Gasteiger partial charge in [0.1, 0.15) is 13.2 Å². The van der Waals surface area contributed by atoms with Gasteiger partial charge >= 0.3 is 12.1 Å². The van der Waals surface area contributed by atoms with E-state index in [9.17, 15) is 14.4 Å². The normalized spacial score (nSPS) is 12.5. The molecule has 2 aromatic carbocycles. The van der Waals surface area contributed by atoms with E-state index in [1.54, 1.807) is 0 Å². The molecule has 1 aliphatic rings. The number of carboxylic acid groups (broad SMARTS) is 1. The molecular weight excluding hydrogens is 424 g/mol. The molecule has 0 saturated heterocycles. The van der Waals surface area contributed by atoms with Crippen LogP contribution in [-0.4, -0.2) is 56.0 Å². The lowest BCUT2D eigenvalue weighted by atomic mass is 9.89. The first-order valence-corrected chi connectivity index (χ1v) is 10.9. The topological polar surface area (TPSA) is 114 Å². The second-order valence-corrected chi connectivity index (χ2v) is 8.82. The number of carboxylic acids is 1. The Bertz CT molecular complexity index is 958. The second-order valence-electron chi connectivity index (χ2n) is 8.82. The Kier molecular flexibility index (Phi) is 8.06. The number of ether oxygens (including phenoxy) is 2. The summed E-state index contributed by atoms with van der Waals surface area (Å²) in [6, 6.07) is 16.3. The minimum Gasteiger partial charge on any atom is -0.480 e. The highest BCUT2D eigenvalue weighted by molar-refractivity contribution is 5.79. The van der Waals surface area contributed by atoms with Gasteiger partial charge in [-0.3, -0.25) is 4.79 Å². The van der Waals surface area contributed by atoms with E-state index in [1.807, 2.05) is 38.1 Å². The van der Waals surface area contributed by atoms with Gasteiger partial charge in [0.05, 0.1) is 6.61 Å².